The molecule has 1 aromatic carbocycles. The topological polar surface area (TPSA) is 103 Å². The number of carbonyl (C=O) groups is 2. The van der Waals surface area contributed by atoms with Gasteiger partial charge in [0, 0.05) is 25.2 Å². The molecule has 0 aliphatic carbocycles. The minimum absolute atomic E-state index is 0. The summed E-state index contributed by atoms with van der Waals surface area (Å²) in [6.07, 6.45) is 1.65. The third-order valence-corrected chi connectivity index (χ3v) is 5.30. The van der Waals surface area contributed by atoms with Crippen LogP contribution < -0.4 is 21.1 Å². The molecule has 164 valence electrons. The lowest BCUT2D eigenvalue weighted by atomic mass is 9.74. The van der Waals surface area contributed by atoms with E-state index in [2.05, 4.69) is 22.8 Å². The van der Waals surface area contributed by atoms with Crippen LogP contribution in [0.1, 0.15) is 39.2 Å². The highest BCUT2D eigenvalue weighted by molar-refractivity contribution is 5.87. The Kier molecular flexibility index (Phi) is 10.4. The van der Waals surface area contributed by atoms with Crippen molar-refractivity contribution in [3.05, 3.63) is 29.8 Å². The van der Waals surface area contributed by atoms with E-state index in [-0.39, 0.29) is 42.1 Å². The highest BCUT2D eigenvalue weighted by Crippen LogP contribution is 2.35. The zero-order valence-corrected chi connectivity index (χ0v) is 18.3. The Bertz CT molecular complexity index is 646. The first-order valence-corrected chi connectivity index (χ1v) is 9.99. The van der Waals surface area contributed by atoms with Gasteiger partial charge in [-0.3, -0.25) is 9.59 Å². The first-order chi connectivity index (χ1) is 13.4. The molecular weight excluding hydrogens is 394 g/mol. The van der Waals surface area contributed by atoms with Gasteiger partial charge in [-0.1, -0.05) is 26.0 Å². The predicted molar refractivity (Wildman–Crippen MR) is 115 cm³/mol. The van der Waals surface area contributed by atoms with Gasteiger partial charge in [0.05, 0.1) is 19.2 Å². The van der Waals surface area contributed by atoms with E-state index in [1.54, 1.807) is 0 Å². The molecule has 1 aromatic rings. The lowest BCUT2D eigenvalue weighted by molar-refractivity contribution is -0.127. The minimum Gasteiger partial charge on any atom is -0.494 e. The monoisotopic (exact) mass is 427 g/mol. The molecule has 0 saturated carbocycles. The fourth-order valence-electron chi connectivity index (χ4n) is 3.32. The first-order valence-electron chi connectivity index (χ1n) is 9.99. The van der Waals surface area contributed by atoms with Crippen molar-refractivity contribution in [1.82, 2.24) is 10.6 Å². The third-order valence-electron chi connectivity index (χ3n) is 5.30. The van der Waals surface area contributed by atoms with E-state index in [9.17, 15) is 9.59 Å². The number of hydrogen-bond donors (Lipinski definition) is 3. The predicted octanol–water partition coefficient (Wildman–Crippen LogP) is 1.77. The van der Waals surface area contributed by atoms with E-state index in [4.69, 9.17) is 15.2 Å². The van der Waals surface area contributed by atoms with Gasteiger partial charge in [-0.15, -0.1) is 12.4 Å². The average molecular weight is 428 g/mol. The van der Waals surface area contributed by atoms with Gasteiger partial charge in [0.2, 0.25) is 11.8 Å². The number of carbonyl (C=O) groups excluding carboxylic acids is 2. The first kappa shape index (κ1) is 25.2. The molecular formula is C21H34ClN3O4. The highest BCUT2D eigenvalue weighted by Gasteiger charge is 2.35. The maximum Gasteiger partial charge on any atom is 0.239 e. The van der Waals surface area contributed by atoms with Crippen LogP contribution in [0.25, 0.3) is 0 Å². The fraction of sp³-hybridized carbons (Fsp3) is 0.619. The van der Waals surface area contributed by atoms with Crippen LogP contribution in [0.2, 0.25) is 0 Å². The molecule has 29 heavy (non-hydrogen) atoms. The number of rotatable bonds is 9. The summed E-state index contributed by atoms with van der Waals surface area (Å²) in [6.45, 7) is 8.05. The number of hydrogen-bond acceptors (Lipinski definition) is 5. The number of nitrogens with two attached hydrogens (primary N) is 1. The van der Waals surface area contributed by atoms with Gasteiger partial charge in [0.1, 0.15) is 5.75 Å². The Morgan fingerprint density at radius 3 is 2.34 bits per heavy atom. The molecule has 2 rings (SSSR count). The number of benzene rings is 1. The van der Waals surface area contributed by atoms with E-state index in [1.807, 2.05) is 32.9 Å². The molecule has 0 radical (unpaired) electrons. The molecule has 1 aliphatic heterocycles. The summed E-state index contributed by atoms with van der Waals surface area (Å²) >= 11 is 0. The lowest BCUT2D eigenvalue weighted by Gasteiger charge is -2.38. The summed E-state index contributed by atoms with van der Waals surface area (Å²) in [6, 6.07) is 7.44. The molecule has 1 aliphatic rings. The Labute approximate surface area is 179 Å². The van der Waals surface area contributed by atoms with E-state index in [0.717, 1.165) is 24.2 Å². The Morgan fingerprint density at radius 1 is 1.17 bits per heavy atom. The molecule has 4 N–H and O–H groups in total. The summed E-state index contributed by atoms with van der Waals surface area (Å²) in [5.41, 5.74) is 6.77. The van der Waals surface area contributed by atoms with E-state index in [1.165, 1.54) is 0 Å². The molecule has 8 heteroatoms. The maximum absolute atomic E-state index is 12.3. The number of ether oxygens (including phenoxy) is 2. The standard InChI is InChI=1S/C21H33N3O4.ClH/c1-4-28-17-7-5-16(6-8-17)21(9-11-27-12-10-21)14-24-18(25)13-23-20(26)19(22)15(2)3;/h5-8,15,19H,4,9-14,22H2,1-3H3,(H,23,26)(H,24,25);1H/t19-;/m0./s1. The quantitative estimate of drug-likeness (QED) is 0.557. The molecule has 0 spiro atoms. The highest BCUT2D eigenvalue weighted by atomic mass is 35.5. The van der Waals surface area contributed by atoms with Crippen molar-refractivity contribution in [1.29, 1.82) is 0 Å². The molecule has 2 amide bonds. The van der Waals surface area contributed by atoms with Gasteiger partial charge in [0.15, 0.2) is 0 Å². The molecule has 1 heterocycles. The van der Waals surface area contributed by atoms with Crippen LogP contribution in [0.15, 0.2) is 24.3 Å². The van der Waals surface area contributed by atoms with Crippen LogP contribution in [0.4, 0.5) is 0 Å². The van der Waals surface area contributed by atoms with Crippen molar-refractivity contribution in [2.45, 2.75) is 45.1 Å². The zero-order chi connectivity index (χ0) is 20.6. The molecule has 0 aromatic heterocycles. The Morgan fingerprint density at radius 2 is 1.79 bits per heavy atom. The van der Waals surface area contributed by atoms with Crippen LogP contribution in [0, 0.1) is 5.92 Å². The van der Waals surface area contributed by atoms with Gasteiger partial charge in [-0.2, -0.15) is 0 Å². The summed E-state index contributed by atoms with van der Waals surface area (Å²) in [7, 11) is 0. The minimum atomic E-state index is -0.613. The third kappa shape index (κ3) is 7.17. The molecule has 1 fully saturated rings. The molecule has 1 atom stereocenters. The van der Waals surface area contributed by atoms with Crippen LogP contribution in [0.5, 0.6) is 5.75 Å². The van der Waals surface area contributed by atoms with E-state index < -0.39 is 6.04 Å². The van der Waals surface area contributed by atoms with Crippen molar-refractivity contribution in [2.24, 2.45) is 11.7 Å². The number of nitrogens with one attached hydrogen (secondary N) is 2. The maximum atomic E-state index is 12.3. The largest absolute Gasteiger partial charge is 0.494 e. The summed E-state index contributed by atoms with van der Waals surface area (Å²) in [4.78, 5) is 24.2. The number of halogens is 1. The van der Waals surface area contributed by atoms with Gasteiger partial charge < -0.3 is 25.8 Å². The Balaban J connectivity index is 0.00000420. The summed E-state index contributed by atoms with van der Waals surface area (Å²) in [5.74, 6) is 0.327. The van der Waals surface area contributed by atoms with Crippen molar-refractivity contribution >= 4 is 24.2 Å². The van der Waals surface area contributed by atoms with E-state index in [0.29, 0.717) is 26.4 Å². The second-order valence-corrected chi connectivity index (χ2v) is 7.61. The second kappa shape index (κ2) is 12.0. The molecule has 0 unspecified atom stereocenters. The molecule has 1 saturated heterocycles. The normalized spacial score (nSPS) is 16.4. The van der Waals surface area contributed by atoms with Crippen LogP contribution in [0.3, 0.4) is 0 Å². The SMILES string of the molecule is CCOc1ccc(C2(CNC(=O)CNC(=O)[C@@H](N)C(C)C)CCOCC2)cc1.Cl. The van der Waals surface area contributed by atoms with Crippen LogP contribution >= 0.6 is 12.4 Å². The average Bonchev–Trinajstić information content (AvgIpc) is 2.71. The van der Waals surface area contributed by atoms with Crippen molar-refractivity contribution in [3.63, 3.8) is 0 Å². The molecule has 7 nitrogen and oxygen atoms in total. The summed E-state index contributed by atoms with van der Waals surface area (Å²) < 4.78 is 11.1. The van der Waals surface area contributed by atoms with Crippen molar-refractivity contribution in [2.75, 3.05) is 32.9 Å². The fourth-order valence-corrected chi connectivity index (χ4v) is 3.32. The Hall–Kier alpha value is -1.83. The van der Waals surface area contributed by atoms with Gasteiger partial charge in [-0.25, -0.2) is 0 Å². The van der Waals surface area contributed by atoms with Crippen molar-refractivity contribution in [3.8, 4) is 5.75 Å². The summed E-state index contributed by atoms with van der Waals surface area (Å²) in [5, 5.41) is 5.58. The number of amides is 2. The van der Waals surface area contributed by atoms with Crippen LogP contribution in [-0.4, -0.2) is 50.8 Å². The molecule has 0 bridgehead atoms. The lowest BCUT2D eigenvalue weighted by Crippen LogP contribution is -2.49. The zero-order valence-electron chi connectivity index (χ0n) is 17.5. The second-order valence-electron chi connectivity index (χ2n) is 7.61. The van der Waals surface area contributed by atoms with Gasteiger partial charge in [0.25, 0.3) is 0 Å². The van der Waals surface area contributed by atoms with Gasteiger partial charge in [-0.05, 0) is 43.4 Å². The smallest absolute Gasteiger partial charge is 0.239 e. The van der Waals surface area contributed by atoms with Crippen LogP contribution in [-0.2, 0) is 19.7 Å². The van der Waals surface area contributed by atoms with Gasteiger partial charge >= 0.3 is 0 Å². The van der Waals surface area contributed by atoms with Crippen molar-refractivity contribution < 1.29 is 19.1 Å². The van der Waals surface area contributed by atoms with E-state index >= 15 is 0 Å².